The van der Waals surface area contributed by atoms with E-state index in [2.05, 4.69) is 182 Å². The minimum absolute atomic E-state index is 0.0956. The molecule has 1 fully saturated rings. The van der Waals surface area contributed by atoms with E-state index >= 15 is 0 Å². The van der Waals surface area contributed by atoms with Crippen LogP contribution in [0.4, 0.5) is 0 Å². The van der Waals surface area contributed by atoms with Gasteiger partial charge >= 0.3 is 0 Å². The van der Waals surface area contributed by atoms with E-state index in [0.717, 1.165) is 12.8 Å². The maximum Gasteiger partial charge on any atom is 0.0718 e. The van der Waals surface area contributed by atoms with Gasteiger partial charge in [0.25, 0.3) is 0 Å². The SMILES string of the molecule is c1ccc(P(=NC2CCCCC2N=P(c2ccccc2)(c2ccccc2)c2ccccc2)(c2ccccc2)c2ccccc2)cc1. The van der Waals surface area contributed by atoms with Crippen LogP contribution in [-0.2, 0) is 0 Å². The van der Waals surface area contributed by atoms with Gasteiger partial charge in [-0.05, 0) is 12.8 Å². The Hall–Kier alpha value is -4.22. The van der Waals surface area contributed by atoms with E-state index in [4.69, 9.17) is 9.49 Å². The van der Waals surface area contributed by atoms with Gasteiger partial charge in [-0.3, -0.25) is 9.49 Å². The lowest BCUT2D eigenvalue weighted by Gasteiger charge is -2.36. The molecule has 1 saturated carbocycles. The Morgan fingerprint density at radius 3 is 0.696 bits per heavy atom. The van der Waals surface area contributed by atoms with Gasteiger partial charge in [0.05, 0.1) is 26.2 Å². The van der Waals surface area contributed by atoms with Crippen molar-refractivity contribution in [3.8, 4) is 0 Å². The molecule has 7 rings (SSSR count). The van der Waals surface area contributed by atoms with Crippen molar-refractivity contribution in [2.45, 2.75) is 37.8 Å². The van der Waals surface area contributed by atoms with Gasteiger partial charge in [-0.1, -0.05) is 195 Å². The zero-order valence-corrected chi connectivity index (χ0v) is 27.9. The Bertz CT molecular complexity index is 1590. The Morgan fingerprint density at radius 2 is 0.500 bits per heavy atom. The van der Waals surface area contributed by atoms with Gasteiger partial charge in [0.2, 0.25) is 0 Å². The molecule has 2 unspecified atom stereocenters. The van der Waals surface area contributed by atoms with E-state index in [-0.39, 0.29) is 12.1 Å². The maximum atomic E-state index is 6.16. The van der Waals surface area contributed by atoms with Crippen LogP contribution in [-0.4, -0.2) is 12.1 Å². The van der Waals surface area contributed by atoms with Crippen LogP contribution in [0.25, 0.3) is 0 Å². The first-order chi connectivity index (χ1) is 22.8. The Kier molecular flexibility index (Phi) is 9.29. The Morgan fingerprint density at radius 1 is 0.304 bits per heavy atom. The predicted molar refractivity (Wildman–Crippen MR) is 201 cm³/mol. The number of nitrogens with zero attached hydrogens (tertiary/aromatic N) is 2. The molecule has 2 atom stereocenters. The summed E-state index contributed by atoms with van der Waals surface area (Å²) in [5.74, 6) is 0. The van der Waals surface area contributed by atoms with Crippen LogP contribution in [0.15, 0.2) is 191 Å². The second-order valence-electron chi connectivity index (χ2n) is 11.9. The molecule has 4 heteroatoms. The van der Waals surface area contributed by atoms with Crippen molar-refractivity contribution in [2.75, 3.05) is 0 Å². The van der Waals surface area contributed by atoms with E-state index < -0.39 is 14.1 Å². The molecule has 0 saturated heterocycles. The molecule has 6 aromatic rings. The van der Waals surface area contributed by atoms with E-state index in [1.165, 1.54) is 44.7 Å². The molecular weight excluding hydrogens is 594 g/mol. The first-order valence-electron chi connectivity index (χ1n) is 16.4. The molecule has 228 valence electrons. The van der Waals surface area contributed by atoms with Crippen LogP contribution in [0.3, 0.4) is 0 Å². The largest absolute Gasteiger partial charge is 0.284 e. The van der Waals surface area contributed by atoms with E-state index in [0.29, 0.717) is 0 Å². The second kappa shape index (κ2) is 14.0. The van der Waals surface area contributed by atoms with E-state index in [1.54, 1.807) is 0 Å². The molecule has 46 heavy (non-hydrogen) atoms. The molecule has 0 spiro atoms. The molecule has 0 radical (unpaired) electrons. The van der Waals surface area contributed by atoms with Crippen molar-refractivity contribution in [3.05, 3.63) is 182 Å². The fourth-order valence-corrected chi connectivity index (χ4v) is 14.6. The molecule has 6 aromatic carbocycles. The second-order valence-corrected chi connectivity index (χ2v) is 18.0. The first kappa shape index (κ1) is 30.4. The number of benzene rings is 6. The zero-order chi connectivity index (χ0) is 31.1. The van der Waals surface area contributed by atoms with Crippen molar-refractivity contribution in [1.82, 2.24) is 0 Å². The van der Waals surface area contributed by atoms with Gasteiger partial charge in [0.1, 0.15) is 0 Å². The van der Waals surface area contributed by atoms with Crippen molar-refractivity contribution in [3.63, 3.8) is 0 Å². The molecule has 0 aromatic heterocycles. The van der Waals surface area contributed by atoms with Crippen LogP contribution in [0, 0.1) is 0 Å². The third-order valence-corrected chi connectivity index (χ3v) is 16.7. The summed E-state index contributed by atoms with van der Waals surface area (Å²) < 4.78 is 12.3. The average Bonchev–Trinajstić information content (AvgIpc) is 3.15. The topological polar surface area (TPSA) is 24.7 Å². The molecule has 2 nitrogen and oxygen atoms in total. The molecule has 0 amide bonds. The normalized spacial score (nSPS) is 16.8. The van der Waals surface area contributed by atoms with Gasteiger partial charge in [0, 0.05) is 31.8 Å². The fourth-order valence-electron chi connectivity index (χ4n) is 6.96. The third kappa shape index (κ3) is 5.89. The molecule has 0 heterocycles. The summed E-state index contributed by atoms with van der Waals surface area (Å²) in [6, 6.07) is 66.5. The summed E-state index contributed by atoms with van der Waals surface area (Å²) in [5, 5.41) is 7.79. The average molecular weight is 635 g/mol. The van der Waals surface area contributed by atoms with Crippen LogP contribution >= 0.6 is 14.1 Å². The van der Waals surface area contributed by atoms with E-state index in [9.17, 15) is 0 Å². The fraction of sp³-hybridized carbons (Fsp3) is 0.143. The highest BCUT2D eigenvalue weighted by molar-refractivity contribution is 7.87. The van der Waals surface area contributed by atoms with Crippen LogP contribution < -0.4 is 31.8 Å². The highest BCUT2D eigenvalue weighted by Crippen LogP contribution is 2.52. The van der Waals surface area contributed by atoms with Crippen LogP contribution in [0.2, 0.25) is 0 Å². The lowest BCUT2D eigenvalue weighted by Crippen LogP contribution is -2.33. The summed E-state index contributed by atoms with van der Waals surface area (Å²) in [7, 11) is -4.73. The first-order valence-corrected chi connectivity index (χ1v) is 19.9. The minimum atomic E-state index is -2.36. The highest BCUT2D eigenvalue weighted by Gasteiger charge is 2.35. The molecule has 0 N–H and O–H groups in total. The monoisotopic (exact) mass is 634 g/mol. The van der Waals surface area contributed by atoms with Gasteiger partial charge in [0.15, 0.2) is 0 Å². The van der Waals surface area contributed by atoms with Crippen molar-refractivity contribution in [1.29, 1.82) is 0 Å². The lowest BCUT2D eigenvalue weighted by atomic mass is 9.92. The van der Waals surface area contributed by atoms with E-state index in [1.807, 2.05) is 0 Å². The quantitative estimate of drug-likeness (QED) is 0.150. The summed E-state index contributed by atoms with van der Waals surface area (Å²) in [6.45, 7) is 0. The minimum Gasteiger partial charge on any atom is -0.284 e. The number of rotatable bonds is 8. The van der Waals surface area contributed by atoms with Crippen molar-refractivity contribution in [2.24, 2.45) is 9.49 Å². The van der Waals surface area contributed by atoms with Gasteiger partial charge in [-0.15, -0.1) is 0 Å². The summed E-state index contributed by atoms with van der Waals surface area (Å²) in [5.41, 5.74) is 0. The summed E-state index contributed by atoms with van der Waals surface area (Å²) in [6.07, 6.45) is 4.43. The molecule has 1 aliphatic rings. The van der Waals surface area contributed by atoms with Gasteiger partial charge < -0.3 is 0 Å². The third-order valence-electron chi connectivity index (χ3n) is 9.12. The standard InChI is InChI=1S/C42H40N2P2/c1-7-21-35(22-8-1)45(36-23-9-2-10-24-36,37-25-11-3-12-26-37)43-41-33-19-20-34-42(41)44-46(38-27-13-4-14-28-38,39-29-15-5-16-30-39)40-31-17-6-18-32-40/h1-18,21-32,41-42H,19-20,33-34H2. The number of hydrogen-bond donors (Lipinski definition) is 0. The van der Waals surface area contributed by atoms with Gasteiger partial charge in [-0.25, -0.2) is 0 Å². The molecule has 1 aliphatic carbocycles. The lowest BCUT2D eigenvalue weighted by molar-refractivity contribution is 0.393. The van der Waals surface area contributed by atoms with Crippen LogP contribution in [0.5, 0.6) is 0 Å². The smallest absolute Gasteiger partial charge is 0.0718 e. The molecule has 0 bridgehead atoms. The molecular formula is C42H40N2P2. The Labute approximate surface area is 274 Å². The maximum absolute atomic E-state index is 6.16. The van der Waals surface area contributed by atoms with Crippen molar-refractivity contribution < 1.29 is 0 Å². The Balaban J connectivity index is 1.53. The summed E-state index contributed by atoms with van der Waals surface area (Å²) >= 11 is 0. The predicted octanol–water partition coefficient (Wildman–Crippen LogP) is 8.65. The van der Waals surface area contributed by atoms with Crippen molar-refractivity contribution >= 4 is 45.9 Å². The van der Waals surface area contributed by atoms with Gasteiger partial charge in [-0.2, -0.15) is 0 Å². The highest BCUT2D eigenvalue weighted by atomic mass is 31.2. The van der Waals surface area contributed by atoms with Crippen LogP contribution in [0.1, 0.15) is 25.7 Å². The number of hydrogen-bond acceptors (Lipinski definition) is 2. The summed E-state index contributed by atoms with van der Waals surface area (Å²) in [4.78, 5) is 0. The molecule has 0 aliphatic heterocycles. The zero-order valence-electron chi connectivity index (χ0n) is 26.1.